The van der Waals surface area contributed by atoms with Crippen molar-refractivity contribution in [3.05, 3.63) is 77.9 Å². The number of phenolic OH excluding ortho intramolecular Hbond substituents is 1. The quantitative estimate of drug-likeness (QED) is 0.260. The first-order valence-electron chi connectivity index (χ1n) is 13.4. The van der Waals surface area contributed by atoms with Gasteiger partial charge >= 0.3 is 0 Å². The van der Waals surface area contributed by atoms with Crippen LogP contribution in [-0.4, -0.2) is 50.9 Å². The summed E-state index contributed by atoms with van der Waals surface area (Å²) in [6, 6.07) is 20.4. The van der Waals surface area contributed by atoms with Gasteiger partial charge in [-0.25, -0.2) is 8.42 Å². The number of nitrogens with zero attached hydrogens (tertiary/aromatic N) is 1. The summed E-state index contributed by atoms with van der Waals surface area (Å²) in [5.41, 5.74) is 3.08. The van der Waals surface area contributed by atoms with Crippen LogP contribution in [0.1, 0.15) is 30.4 Å². The van der Waals surface area contributed by atoms with Gasteiger partial charge < -0.3 is 14.6 Å². The second-order valence-corrected chi connectivity index (χ2v) is 12.3. The molecule has 1 fully saturated rings. The van der Waals surface area contributed by atoms with Gasteiger partial charge in [-0.2, -0.15) is 0 Å². The summed E-state index contributed by atoms with van der Waals surface area (Å²) in [6.45, 7) is 7.52. The second kappa shape index (κ2) is 11.3. The molecule has 1 aliphatic heterocycles. The van der Waals surface area contributed by atoms with Crippen molar-refractivity contribution in [2.45, 2.75) is 38.0 Å². The van der Waals surface area contributed by atoms with Gasteiger partial charge in [0.1, 0.15) is 29.6 Å². The first kappa shape index (κ1) is 27.0. The van der Waals surface area contributed by atoms with E-state index >= 15 is 0 Å². The summed E-state index contributed by atoms with van der Waals surface area (Å²) < 4.78 is 37.2. The Bertz CT molecular complexity index is 1570. The number of benzene rings is 4. The number of hydrogen-bond acceptors (Lipinski definition) is 6. The van der Waals surface area contributed by atoms with E-state index in [2.05, 4.69) is 4.90 Å². The summed E-state index contributed by atoms with van der Waals surface area (Å²) in [6.07, 6.45) is 5.09. The van der Waals surface area contributed by atoms with E-state index < -0.39 is 9.84 Å². The molecule has 0 unspecified atom stereocenters. The van der Waals surface area contributed by atoms with E-state index in [4.69, 9.17) is 9.47 Å². The number of fused-ring (bicyclic) bond motifs is 1. The zero-order chi connectivity index (χ0) is 27.6. The molecule has 4 aromatic carbocycles. The number of aromatic hydroxyl groups is 1. The highest BCUT2D eigenvalue weighted by Gasteiger charge is 2.19. The number of hydrogen-bond donors (Lipinski definition) is 1. The first-order chi connectivity index (χ1) is 18.7. The van der Waals surface area contributed by atoms with Crippen LogP contribution in [0, 0.1) is 13.8 Å². The van der Waals surface area contributed by atoms with Crippen molar-refractivity contribution in [1.29, 1.82) is 0 Å². The Labute approximate surface area is 230 Å². The van der Waals surface area contributed by atoms with E-state index in [0.29, 0.717) is 34.1 Å². The molecule has 204 valence electrons. The van der Waals surface area contributed by atoms with Gasteiger partial charge in [-0.3, -0.25) is 4.90 Å². The topological polar surface area (TPSA) is 76.1 Å². The average Bonchev–Trinajstić information content (AvgIpc) is 2.89. The molecule has 0 spiro atoms. The summed E-state index contributed by atoms with van der Waals surface area (Å²) >= 11 is 0. The summed E-state index contributed by atoms with van der Waals surface area (Å²) in [4.78, 5) is 2.81. The van der Waals surface area contributed by atoms with Crippen LogP contribution in [0.15, 0.2) is 71.6 Å². The Morgan fingerprint density at radius 1 is 0.846 bits per heavy atom. The number of rotatable bonds is 8. The van der Waals surface area contributed by atoms with Crippen LogP contribution in [0.2, 0.25) is 0 Å². The van der Waals surface area contributed by atoms with Gasteiger partial charge in [-0.05, 0) is 123 Å². The molecule has 7 heteroatoms. The third kappa shape index (κ3) is 6.21. The van der Waals surface area contributed by atoms with E-state index in [9.17, 15) is 13.5 Å². The maximum Gasteiger partial charge on any atom is 0.176 e. The van der Waals surface area contributed by atoms with Gasteiger partial charge in [-0.15, -0.1) is 0 Å². The van der Waals surface area contributed by atoms with E-state index in [1.807, 2.05) is 68.4 Å². The van der Waals surface area contributed by atoms with Crippen LogP contribution < -0.4 is 9.47 Å². The molecule has 6 nitrogen and oxygen atoms in total. The zero-order valence-corrected chi connectivity index (χ0v) is 23.6. The van der Waals surface area contributed by atoms with Gasteiger partial charge in [0, 0.05) is 23.8 Å². The van der Waals surface area contributed by atoms with Gasteiger partial charge in [0.15, 0.2) is 9.84 Å². The molecule has 1 saturated heterocycles. The lowest BCUT2D eigenvalue weighted by Gasteiger charge is -2.26. The lowest BCUT2D eigenvalue weighted by Crippen LogP contribution is -2.33. The van der Waals surface area contributed by atoms with Crippen LogP contribution >= 0.6 is 0 Å². The lowest BCUT2D eigenvalue weighted by molar-refractivity contribution is 0.183. The maximum atomic E-state index is 12.4. The Morgan fingerprint density at radius 3 is 2.18 bits per heavy atom. The first-order valence-corrected chi connectivity index (χ1v) is 15.3. The van der Waals surface area contributed by atoms with Gasteiger partial charge in [0.25, 0.3) is 0 Å². The van der Waals surface area contributed by atoms with Crippen molar-refractivity contribution < 1.29 is 23.0 Å². The van der Waals surface area contributed by atoms with E-state index in [0.717, 1.165) is 47.3 Å². The number of likely N-dealkylation sites (tertiary alicyclic amines) is 1. The van der Waals surface area contributed by atoms with Crippen molar-refractivity contribution in [1.82, 2.24) is 4.90 Å². The Hall–Kier alpha value is -3.55. The van der Waals surface area contributed by atoms with E-state index in [1.54, 1.807) is 12.1 Å². The molecule has 1 heterocycles. The molecular formula is C32H35NO5S. The van der Waals surface area contributed by atoms with Crippen LogP contribution in [0.3, 0.4) is 0 Å². The summed E-state index contributed by atoms with van der Waals surface area (Å²) in [5, 5.41) is 11.7. The highest BCUT2D eigenvalue weighted by Crippen LogP contribution is 2.42. The average molecular weight is 546 g/mol. The van der Waals surface area contributed by atoms with Crippen LogP contribution in [0.5, 0.6) is 23.0 Å². The maximum absolute atomic E-state index is 12.4. The van der Waals surface area contributed by atoms with E-state index in [-0.39, 0.29) is 5.75 Å². The standard InChI is InChI=1S/C32H35NO5S/c1-22-19-25(20-23(2)32(22)39(3,35)36)30-13-7-24-21-26(34)8-14-29(24)31(30)38-28-11-9-27(10-12-28)37-18-17-33-15-5-4-6-16-33/h7-14,19-21,34H,4-6,15-18H2,1-3H3. The molecule has 4 aromatic rings. The molecule has 0 saturated carbocycles. The minimum atomic E-state index is -3.35. The molecular weight excluding hydrogens is 510 g/mol. The van der Waals surface area contributed by atoms with Crippen molar-refractivity contribution in [2.24, 2.45) is 0 Å². The molecule has 0 amide bonds. The third-order valence-corrected chi connectivity index (χ3v) is 8.65. The van der Waals surface area contributed by atoms with Crippen LogP contribution in [0.4, 0.5) is 0 Å². The van der Waals surface area contributed by atoms with Crippen LogP contribution in [-0.2, 0) is 9.84 Å². The SMILES string of the molecule is Cc1cc(-c2ccc3cc(O)ccc3c2Oc2ccc(OCCN3CCCCC3)cc2)cc(C)c1S(C)(=O)=O. The van der Waals surface area contributed by atoms with E-state index in [1.165, 1.54) is 25.5 Å². The van der Waals surface area contributed by atoms with Crippen LogP contribution in [0.25, 0.3) is 21.9 Å². The zero-order valence-electron chi connectivity index (χ0n) is 22.7. The molecule has 0 radical (unpaired) electrons. The van der Waals surface area contributed by atoms with Gasteiger partial charge in [-0.1, -0.05) is 12.5 Å². The lowest BCUT2D eigenvalue weighted by atomic mass is 9.96. The smallest absolute Gasteiger partial charge is 0.176 e. The van der Waals surface area contributed by atoms with Crippen molar-refractivity contribution in [3.8, 4) is 34.1 Å². The summed E-state index contributed by atoms with van der Waals surface area (Å²) in [7, 11) is -3.35. The molecule has 5 rings (SSSR count). The fourth-order valence-corrected chi connectivity index (χ4v) is 6.80. The Kier molecular flexibility index (Phi) is 7.82. The molecule has 0 bridgehead atoms. The molecule has 0 atom stereocenters. The molecule has 0 aromatic heterocycles. The molecule has 0 aliphatic carbocycles. The third-order valence-electron chi connectivity index (χ3n) is 7.26. The number of sulfone groups is 1. The Morgan fingerprint density at radius 2 is 1.51 bits per heavy atom. The molecule has 39 heavy (non-hydrogen) atoms. The van der Waals surface area contributed by atoms with Crippen molar-refractivity contribution in [2.75, 3.05) is 32.5 Å². The predicted octanol–water partition coefficient (Wildman–Crippen LogP) is 6.89. The number of phenols is 1. The molecule has 1 aliphatic rings. The summed E-state index contributed by atoms with van der Waals surface area (Å²) in [5.74, 6) is 2.26. The minimum Gasteiger partial charge on any atom is -0.508 e. The normalized spacial score (nSPS) is 14.4. The van der Waals surface area contributed by atoms with Crippen molar-refractivity contribution in [3.63, 3.8) is 0 Å². The molecule has 1 N–H and O–H groups in total. The highest BCUT2D eigenvalue weighted by atomic mass is 32.2. The second-order valence-electron chi connectivity index (χ2n) is 10.4. The fourth-order valence-electron chi connectivity index (χ4n) is 5.51. The minimum absolute atomic E-state index is 0.177. The number of piperidine rings is 1. The monoisotopic (exact) mass is 545 g/mol. The Balaban J connectivity index is 1.44. The van der Waals surface area contributed by atoms with Crippen molar-refractivity contribution >= 4 is 20.6 Å². The fraction of sp³-hybridized carbons (Fsp3) is 0.312. The van der Waals surface area contributed by atoms with Gasteiger partial charge in [0.05, 0.1) is 4.90 Å². The van der Waals surface area contributed by atoms with Gasteiger partial charge in [0.2, 0.25) is 0 Å². The highest BCUT2D eigenvalue weighted by molar-refractivity contribution is 7.90. The predicted molar refractivity (Wildman–Crippen MR) is 156 cm³/mol. The largest absolute Gasteiger partial charge is 0.508 e. The number of ether oxygens (including phenoxy) is 2. The number of aryl methyl sites for hydroxylation is 2.